The zero-order valence-corrected chi connectivity index (χ0v) is 4.38. The standard InChI is InChI=1S/Li.HNO3.NO3/c;2*2-1(3)4/h;(H,2,3,4);/q+1;;-1. The second kappa shape index (κ2) is 10.1. The van der Waals surface area contributed by atoms with Crippen LogP contribution in [-0.4, -0.2) is 15.4 Å². The van der Waals surface area contributed by atoms with Crippen molar-refractivity contribution in [2.24, 2.45) is 0 Å². The zero-order valence-electron chi connectivity index (χ0n) is 4.38. The summed E-state index contributed by atoms with van der Waals surface area (Å²) in [4.78, 5) is 16.6. The molecule has 0 atom stereocenters. The van der Waals surface area contributed by atoms with Gasteiger partial charge in [-0.25, -0.2) is 0 Å². The summed E-state index contributed by atoms with van der Waals surface area (Å²) in [7, 11) is 0. The van der Waals surface area contributed by atoms with Crippen molar-refractivity contribution in [2.75, 3.05) is 0 Å². The summed E-state index contributed by atoms with van der Waals surface area (Å²) in [6.45, 7) is 0. The molecule has 0 aliphatic rings. The fourth-order valence-electron chi connectivity index (χ4n) is 0. The largest absolute Gasteiger partial charge is 1.00 e. The molecule has 0 spiro atoms. The van der Waals surface area contributed by atoms with E-state index in [2.05, 4.69) is 0 Å². The Balaban J connectivity index is -0.0000000720. The smallest absolute Gasteiger partial charge is 0.356 e. The van der Waals surface area contributed by atoms with Gasteiger partial charge in [0.15, 0.2) is 0 Å². The van der Waals surface area contributed by atoms with Crippen LogP contribution in [0.1, 0.15) is 0 Å². The van der Waals surface area contributed by atoms with E-state index in [1.807, 2.05) is 0 Å². The summed E-state index contributed by atoms with van der Waals surface area (Å²) in [5.74, 6) is 0. The van der Waals surface area contributed by atoms with Crippen molar-refractivity contribution < 1.29 is 34.2 Å². The van der Waals surface area contributed by atoms with Crippen LogP contribution in [0.2, 0.25) is 0 Å². The average Bonchev–Trinajstić information content (AvgIpc) is 1.25. The molecule has 0 rings (SSSR count). The summed E-state index contributed by atoms with van der Waals surface area (Å²) in [6.07, 6.45) is 0. The first-order valence-electron chi connectivity index (χ1n) is 1.11. The van der Waals surface area contributed by atoms with E-state index in [9.17, 15) is 0 Å². The summed E-state index contributed by atoms with van der Waals surface area (Å²) >= 11 is 0. The van der Waals surface area contributed by atoms with Crippen molar-refractivity contribution in [2.45, 2.75) is 0 Å². The predicted molar refractivity (Wildman–Crippen MR) is 19.1 cm³/mol. The average molecular weight is 132 g/mol. The van der Waals surface area contributed by atoms with Crippen molar-refractivity contribution in [3.05, 3.63) is 25.4 Å². The maximum absolute atomic E-state index is 8.36. The van der Waals surface area contributed by atoms with E-state index in [-0.39, 0.29) is 18.9 Å². The normalized spacial score (nSPS) is 5.33. The molecule has 48 valence electrons. The minimum atomic E-state index is -1.75. The molecule has 0 saturated heterocycles. The van der Waals surface area contributed by atoms with Crippen LogP contribution in [0, 0.1) is 25.4 Å². The Labute approximate surface area is 60.5 Å². The molecule has 0 aromatic carbocycles. The van der Waals surface area contributed by atoms with Gasteiger partial charge in [-0.2, -0.15) is 0 Å². The summed E-state index contributed by atoms with van der Waals surface area (Å²) < 4.78 is 0. The molecular formula is HLiN2O6. The Kier molecular flexibility index (Phi) is 17.6. The maximum Gasteiger partial charge on any atom is 1.00 e. The molecule has 0 aliphatic carbocycles. The molecule has 0 radical (unpaired) electrons. The van der Waals surface area contributed by atoms with Crippen LogP contribution in [0.5, 0.6) is 0 Å². The van der Waals surface area contributed by atoms with Crippen molar-refractivity contribution in [1.29, 1.82) is 0 Å². The Hall–Kier alpha value is -1.00. The molecule has 0 bridgehead atoms. The van der Waals surface area contributed by atoms with Gasteiger partial charge in [-0.1, -0.05) is 0 Å². The third-order valence-corrected chi connectivity index (χ3v) is 0. The summed E-state index contributed by atoms with van der Waals surface area (Å²) in [5.41, 5.74) is 0. The quantitative estimate of drug-likeness (QED) is 0.206. The van der Waals surface area contributed by atoms with Crippen molar-refractivity contribution in [3.63, 3.8) is 0 Å². The van der Waals surface area contributed by atoms with Crippen molar-refractivity contribution in [3.8, 4) is 0 Å². The molecule has 8 nitrogen and oxygen atoms in total. The third kappa shape index (κ3) is 174. The molecular weight excluding hydrogens is 131 g/mol. The Bertz CT molecular complexity index is 69.1. The maximum atomic E-state index is 8.36. The van der Waals surface area contributed by atoms with Gasteiger partial charge in [0.1, 0.15) is 0 Å². The molecule has 0 saturated carbocycles. The fraction of sp³-hybridized carbons (Fsp3) is 0. The van der Waals surface area contributed by atoms with Gasteiger partial charge in [-0.3, -0.25) is 0 Å². The SMILES string of the molecule is O=[N+]([O-])O.O=[N+]([O-])[O-].[Li+]. The number of hydrogen-bond acceptors (Lipinski definition) is 5. The second-order valence-corrected chi connectivity index (χ2v) is 0.461. The summed E-state index contributed by atoms with van der Waals surface area (Å²) in [6, 6.07) is 0. The van der Waals surface area contributed by atoms with Crippen LogP contribution in [0.4, 0.5) is 0 Å². The van der Waals surface area contributed by atoms with Gasteiger partial charge in [0, 0.05) is 0 Å². The van der Waals surface area contributed by atoms with E-state index in [4.69, 9.17) is 30.6 Å². The fourth-order valence-corrected chi connectivity index (χ4v) is 0. The van der Waals surface area contributed by atoms with E-state index in [0.29, 0.717) is 0 Å². The Morgan fingerprint density at radius 3 is 1.11 bits per heavy atom. The van der Waals surface area contributed by atoms with Gasteiger partial charge in [-0.15, -0.1) is 10.1 Å². The van der Waals surface area contributed by atoms with Crippen LogP contribution in [-0.2, 0) is 0 Å². The molecule has 1 N–H and O–H groups in total. The predicted octanol–water partition coefficient (Wildman–Crippen LogP) is -3.58. The van der Waals surface area contributed by atoms with E-state index in [1.165, 1.54) is 0 Å². The van der Waals surface area contributed by atoms with Crippen LogP contribution >= 0.6 is 0 Å². The first kappa shape index (κ1) is 15.7. The van der Waals surface area contributed by atoms with Gasteiger partial charge < -0.3 is 20.5 Å². The van der Waals surface area contributed by atoms with Gasteiger partial charge in [0.25, 0.3) is 5.09 Å². The molecule has 0 aliphatic heterocycles. The molecule has 0 aromatic heterocycles. The van der Waals surface area contributed by atoms with Crippen LogP contribution in [0.15, 0.2) is 0 Å². The van der Waals surface area contributed by atoms with Crippen molar-refractivity contribution >= 4 is 0 Å². The zero-order chi connectivity index (χ0) is 7.15. The van der Waals surface area contributed by atoms with Crippen molar-refractivity contribution in [1.82, 2.24) is 0 Å². The molecule has 9 heteroatoms. The number of nitrogens with zero attached hydrogens (tertiary/aromatic N) is 2. The van der Waals surface area contributed by atoms with Gasteiger partial charge >= 0.3 is 18.9 Å². The van der Waals surface area contributed by atoms with E-state index in [0.717, 1.165) is 0 Å². The minimum Gasteiger partial charge on any atom is -0.356 e. The minimum absolute atomic E-state index is 0. The number of hydrogen-bond donors (Lipinski definition) is 1. The van der Waals surface area contributed by atoms with E-state index >= 15 is 0 Å². The Morgan fingerprint density at radius 2 is 1.11 bits per heavy atom. The molecule has 9 heavy (non-hydrogen) atoms. The number of rotatable bonds is 0. The Morgan fingerprint density at radius 1 is 1.11 bits per heavy atom. The van der Waals surface area contributed by atoms with E-state index in [1.54, 1.807) is 0 Å². The second-order valence-electron chi connectivity index (χ2n) is 0.461. The molecule has 0 amide bonds. The van der Waals surface area contributed by atoms with E-state index < -0.39 is 10.2 Å². The first-order valence-corrected chi connectivity index (χ1v) is 1.11. The molecule has 0 heterocycles. The van der Waals surface area contributed by atoms with Crippen LogP contribution in [0.3, 0.4) is 0 Å². The topological polar surface area (TPSA) is 130 Å². The summed E-state index contributed by atoms with van der Waals surface area (Å²) in [5, 5.41) is 28.4. The van der Waals surface area contributed by atoms with Gasteiger partial charge in [0.05, 0.1) is 5.09 Å². The van der Waals surface area contributed by atoms with Crippen LogP contribution < -0.4 is 18.9 Å². The molecule has 0 fully saturated rings. The molecule has 0 unspecified atom stereocenters. The monoisotopic (exact) mass is 132 g/mol. The molecule has 0 aromatic rings. The van der Waals surface area contributed by atoms with Gasteiger partial charge in [-0.05, 0) is 0 Å². The van der Waals surface area contributed by atoms with Gasteiger partial charge in [0.2, 0.25) is 0 Å². The van der Waals surface area contributed by atoms with Crippen LogP contribution in [0.25, 0.3) is 0 Å². The first-order chi connectivity index (χ1) is 3.46. The third-order valence-electron chi connectivity index (χ3n) is 0.